The van der Waals surface area contributed by atoms with Gasteiger partial charge >= 0.3 is 0 Å². The van der Waals surface area contributed by atoms with Crippen molar-refractivity contribution in [3.05, 3.63) is 59.2 Å². The molecule has 0 bridgehead atoms. The van der Waals surface area contributed by atoms with E-state index in [1.165, 1.54) is 16.7 Å². The fraction of sp³-hybridized carbons (Fsp3) is 0.176. The van der Waals surface area contributed by atoms with Gasteiger partial charge in [-0.3, -0.25) is 0 Å². The number of hydrogen-bond acceptors (Lipinski definition) is 3. The number of aryl methyl sites for hydroxylation is 3. The van der Waals surface area contributed by atoms with Crippen LogP contribution in [0.15, 0.2) is 42.5 Å². The van der Waals surface area contributed by atoms with Crippen LogP contribution in [0.3, 0.4) is 0 Å². The zero-order valence-corrected chi connectivity index (χ0v) is 12.5. The molecule has 0 atom stereocenters. The number of rotatable bonds is 2. The molecule has 2 aromatic carbocycles. The normalized spacial score (nSPS) is 10.8. The molecule has 1 heterocycles. The number of nitrogens with two attached hydrogens (primary N) is 1. The van der Waals surface area contributed by atoms with Crippen LogP contribution in [0, 0.1) is 20.8 Å². The van der Waals surface area contributed by atoms with Crippen LogP contribution < -0.4 is 5.73 Å². The molecule has 3 rings (SSSR count). The summed E-state index contributed by atoms with van der Waals surface area (Å²) in [5.41, 5.74) is 12.5. The number of benzene rings is 2. The van der Waals surface area contributed by atoms with Gasteiger partial charge in [0.15, 0.2) is 5.82 Å². The molecule has 21 heavy (non-hydrogen) atoms. The standard InChI is InChI=1S/C17H18N4/c1-11-4-8-15(9-5-11)21-17(18)16(19-20-21)14-7-6-12(2)13(3)10-14/h4-10H,18H2,1-3H3. The first-order chi connectivity index (χ1) is 10.1. The number of hydrogen-bond donors (Lipinski definition) is 1. The average molecular weight is 278 g/mol. The Balaban J connectivity index is 2.06. The highest BCUT2D eigenvalue weighted by Gasteiger charge is 2.13. The Morgan fingerprint density at radius 2 is 1.62 bits per heavy atom. The van der Waals surface area contributed by atoms with E-state index in [-0.39, 0.29) is 0 Å². The van der Waals surface area contributed by atoms with E-state index in [0.717, 1.165) is 16.9 Å². The smallest absolute Gasteiger partial charge is 0.155 e. The molecule has 0 saturated carbocycles. The lowest BCUT2D eigenvalue weighted by Crippen LogP contribution is -2.02. The molecule has 4 nitrogen and oxygen atoms in total. The molecule has 106 valence electrons. The topological polar surface area (TPSA) is 56.7 Å². The Morgan fingerprint density at radius 1 is 0.905 bits per heavy atom. The predicted octanol–water partition coefficient (Wildman–Crippen LogP) is 3.44. The van der Waals surface area contributed by atoms with Gasteiger partial charge in [0, 0.05) is 5.56 Å². The van der Waals surface area contributed by atoms with Crippen molar-refractivity contribution in [1.29, 1.82) is 0 Å². The van der Waals surface area contributed by atoms with Crippen molar-refractivity contribution in [3.63, 3.8) is 0 Å². The molecule has 0 aliphatic carbocycles. The van der Waals surface area contributed by atoms with Crippen LogP contribution in [0.2, 0.25) is 0 Å². The van der Waals surface area contributed by atoms with Crippen molar-refractivity contribution >= 4 is 5.82 Å². The van der Waals surface area contributed by atoms with E-state index in [9.17, 15) is 0 Å². The summed E-state index contributed by atoms with van der Waals surface area (Å²) in [5, 5.41) is 8.43. The van der Waals surface area contributed by atoms with Crippen LogP contribution in [0.1, 0.15) is 16.7 Å². The van der Waals surface area contributed by atoms with Gasteiger partial charge in [-0.15, -0.1) is 5.10 Å². The SMILES string of the molecule is Cc1ccc(-n2nnc(-c3ccc(C)c(C)c3)c2N)cc1. The molecule has 0 aliphatic heterocycles. The maximum atomic E-state index is 6.23. The number of nitrogen functional groups attached to an aromatic ring is 1. The lowest BCUT2D eigenvalue weighted by Gasteiger charge is -2.05. The summed E-state index contributed by atoms with van der Waals surface area (Å²) in [5.74, 6) is 0.558. The monoisotopic (exact) mass is 278 g/mol. The molecule has 4 heteroatoms. The van der Waals surface area contributed by atoms with E-state index in [4.69, 9.17) is 5.73 Å². The Morgan fingerprint density at radius 3 is 2.29 bits per heavy atom. The van der Waals surface area contributed by atoms with Gasteiger partial charge in [-0.25, -0.2) is 0 Å². The second-order valence-corrected chi connectivity index (χ2v) is 5.37. The third-order valence-electron chi connectivity index (χ3n) is 3.76. The highest BCUT2D eigenvalue weighted by atomic mass is 15.5. The molecule has 1 aromatic heterocycles. The van der Waals surface area contributed by atoms with Crippen molar-refractivity contribution in [2.45, 2.75) is 20.8 Å². The predicted molar refractivity (Wildman–Crippen MR) is 85.4 cm³/mol. The molecule has 3 aromatic rings. The van der Waals surface area contributed by atoms with Gasteiger partial charge in [-0.1, -0.05) is 35.0 Å². The van der Waals surface area contributed by atoms with E-state index in [1.54, 1.807) is 4.68 Å². The summed E-state index contributed by atoms with van der Waals surface area (Å²) >= 11 is 0. The minimum atomic E-state index is 0.558. The second kappa shape index (κ2) is 5.05. The van der Waals surface area contributed by atoms with Gasteiger partial charge in [-0.05, 0) is 50.1 Å². The fourth-order valence-electron chi connectivity index (χ4n) is 2.26. The molecule has 0 unspecified atom stereocenters. The minimum absolute atomic E-state index is 0.558. The largest absolute Gasteiger partial charge is 0.382 e. The van der Waals surface area contributed by atoms with Gasteiger partial charge in [0.2, 0.25) is 0 Å². The van der Waals surface area contributed by atoms with Crippen LogP contribution in [-0.4, -0.2) is 15.0 Å². The molecule has 0 saturated heterocycles. The maximum Gasteiger partial charge on any atom is 0.155 e. The van der Waals surface area contributed by atoms with Gasteiger partial charge in [0.1, 0.15) is 5.69 Å². The molecule has 0 aliphatic rings. The Bertz CT molecular complexity index is 785. The van der Waals surface area contributed by atoms with Crippen LogP contribution in [0.4, 0.5) is 5.82 Å². The van der Waals surface area contributed by atoms with Gasteiger partial charge in [-0.2, -0.15) is 4.68 Å². The number of anilines is 1. The maximum absolute atomic E-state index is 6.23. The van der Waals surface area contributed by atoms with Gasteiger partial charge < -0.3 is 5.73 Å². The summed E-state index contributed by atoms with van der Waals surface area (Å²) in [4.78, 5) is 0. The Kier molecular flexibility index (Phi) is 3.22. The Labute approximate surface area is 124 Å². The molecular weight excluding hydrogens is 260 g/mol. The average Bonchev–Trinajstić information content (AvgIpc) is 2.85. The summed E-state index contributed by atoms with van der Waals surface area (Å²) in [7, 11) is 0. The van der Waals surface area contributed by atoms with Crippen molar-refractivity contribution in [3.8, 4) is 16.9 Å². The molecule has 0 spiro atoms. The molecular formula is C17H18N4. The molecule has 0 radical (unpaired) electrons. The zero-order chi connectivity index (χ0) is 15.0. The van der Waals surface area contributed by atoms with Crippen LogP contribution in [0.5, 0.6) is 0 Å². The number of aromatic nitrogens is 3. The lowest BCUT2D eigenvalue weighted by atomic mass is 10.0. The van der Waals surface area contributed by atoms with E-state index in [1.807, 2.05) is 30.3 Å². The fourth-order valence-corrected chi connectivity index (χ4v) is 2.26. The van der Waals surface area contributed by atoms with Crippen molar-refractivity contribution in [2.75, 3.05) is 5.73 Å². The second-order valence-electron chi connectivity index (χ2n) is 5.37. The first-order valence-electron chi connectivity index (χ1n) is 6.92. The highest BCUT2D eigenvalue weighted by molar-refractivity contribution is 5.71. The van der Waals surface area contributed by atoms with Gasteiger partial charge in [0.05, 0.1) is 5.69 Å². The summed E-state index contributed by atoms with van der Waals surface area (Å²) < 4.78 is 1.67. The first kappa shape index (κ1) is 13.4. The van der Waals surface area contributed by atoms with E-state index in [2.05, 4.69) is 43.2 Å². The van der Waals surface area contributed by atoms with Crippen molar-refractivity contribution in [2.24, 2.45) is 0 Å². The molecule has 2 N–H and O–H groups in total. The lowest BCUT2D eigenvalue weighted by molar-refractivity contribution is 0.810. The third kappa shape index (κ3) is 2.40. The van der Waals surface area contributed by atoms with E-state index >= 15 is 0 Å². The summed E-state index contributed by atoms with van der Waals surface area (Å²) in [6.45, 7) is 6.22. The first-order valence-corrected chi connectivity index (χ1v) is 6.92. The van der Waals surface area contributed by atoms with Gasteiger partial charge in [0.25, 0.3) is 0 Å². The summed E-state index contributed by atoms with van der Waals surface area (Å²) in [6, 6.07) is 14.2. The van der Waals surface area contributed by atoms with Crippen LogP contribution in [0.25, 0.3) is 16.9 Å². The van der Waals surface area contributed by atoms with Crippen molar-refractivity contribution < 1.29 is 0 Å². The quantitative estimate of drug-likeness (QED) is 0.781. The molecule has 0 amide bonds. The minimum Gasteiger partial charge on any atom is -0.382 e. The van der Waals surface area contributed by atoms with Crippen molar-refractivity contribution in [1.82, 2.24) is 15.0 Å². The van der Waals surface area contributed by atoms with E-state index in [0.29, 0.717) is 5.82 Å². The van der Waals surface area contributed by atoms with Crippen LogP contribution >= 0.6 is 0 Å². The molecule has 0 fully saturated rings. The summed E-state index contributed by atoms with van der Waals surface area (Å²) in [6.07, 6.45) is 0. The van der Waals surface area contributed by atoms with E-state index < -0.39 is 0 Å². The van der Waals surface area contributed by atoms with Crippen LogP contribution in [-0.2, 0) is 0 Å². The third-order valence-corrected chi connectivity index (χ3v) is 3.76. The zero-order valence-electron chi connectivity index (χ0n) is 12.5. The highest BCUT2D eigenvalue weighted by Crippen LogP contribution is 2.26. The Hall–Kier alpha value is -2.62. The number of nitrogens with zero attached hydrogens (tertiary/aromatic N) is 3.